The number of rotatable bonds is 14. The van der Waals surface area contributed by atoms with Crippen LogP contribution in [0.15, 0.2) is 17.3 Å². The molecule has 1 aliphatic rings. The van der Waals surface area contributed by atoms with E-state index in [-0.39, 0.29) is 5.41 Å². The molecule has 0 amide bonds. The third kappa shape index (κ3) is 6.66. The molecule has 1 aliphatic heterocycles. The van der Waals surface area contributed by atoms with E-state index in [1.54, 1.807) is 0 Å². The minimum Gasteiger partial charge on any atom is -0.330 e. The van der Waals surface area contributed by atoms with Crippen molar-refractivity contribution in [3.05, 3.63) is 12.3 Å². The molecular formula is C20H40N4. The summed E-state index contributed by atoms with van der Waals surface area (Å²) in [6.07, 6.45) is 17.4. The number of nitrogens with zero attached hydrogens (tertiary/aromatic N) is 1. The third-order valence-corrected chi connectivity index (χ3v) is 5.39. The fourth-order valence-corrected chi connectivity index (χ4v) is 4.16. The lowest BCUT2D eigenvalue weighted by atomic mass is 9.64. The molecular weight excluding hydrogens is 296 g/mol. The lowest BCUT2D eigenvalue weighted by Crippen LogP contribution is -2.37. The minimum absolute atomic E-state index is 0.276. The summed E-state index contributed by atoms with van der Waals surface area (Å²) in [5.41, 5.74) is 18.8. The van der Waals surface area contributed by atoms with Gasteiger partial charge in [0.25, 0.3) is 0 Å². The summed E-state index contributed by atoms with van der Waals surface area (Å²) < 4.78 is 0. The molecule has 2 atom stereocenters. The van der Waals surface area contributed by atoms with Gasteiger partial charge in [0.05, 0.1) is 0 Å². The van der Waals surface area contributed by atoms with E-state index in [0.29, 0.717) is 5.92 Å². The van der Waals surface area contributed by atoms with Gasteiger partial charge in [0.1, 0.15) is 0 Å². The predicted molar refractivity (Wildman–Crippen MR) is 106 cm³/mol. The zero-order chi connectivity index (χ0) is 17.7. The minimum atomic E-state index is 0.276. The van der Waals surface area contributed by atoms with Gasteiger partial charge in [0.2, 0.25) is 0 Å². The zero-order valence-electron chi connectivity index (χ0n) is 15.8. The highest BCUT2D eigenvalue weighted by Gasteiger charge is 2.39. The summed E-state index contributed by atoms with van der Waals surface area (Å²) >= 11 is 0. The topological polar surface area (TPSA) is 90.4 Å². The van der Waals surface area contributed by atoms with E-state index in [9.17, 15) is 0 Å². The Balaban J connectivity index is 2.89. The van der Waals surface area contributed by atoms with Gasteiger partial charge in [-0.1, -0.05) is 32.3 Å². The van der Waals surface area contributed by atoms with Gasteiger partial charge >= 0.3 is 0 Å². The maximum Gasteiger partial charge on any atom is 0.0233 e. The van der Waals surface area contributed by atoms with Gasteiger partial charge in [0.15, 0.2) is 0 Å². The first-order chi connectivity index (χ1) is 11.7. The highest BCUT2D eigenvalue weighted by Crippen LogP contribution is 2.45. The van der Waals surface area contributed by atoms with Crippen molar-refractivity contribution >= 4 is 5.71 Å². The number of nitrogens with two attached hydrogens (primary N) is 3. The summed E-state index contributed by atoms with van der Waals surface area (Å²) in [7, 11) is 0. The molecule has 0 aromatic heterocycles. The van der Waals surface area contributed by atoms with Crippen LogP contribution < -0.4 is 17.2 Å². The smallest absolute Gasteiger partial charge is 0.0233 e. The van der Waals surface area contributed by atoms with Crippen LogP contribution >= 0.6 is 0 Å². The van der Waals surface area contributed by atoms with Crippen molar-refractivity contribution in [2.24, 2.45) is 33.5 Å². The largest absolute Gasteiger partial charge is 0.330 e. The average molecular weight is 337 g/mol. The SMILES string of the molecule is CCCC1(CCCCN)C=CN=C(CCCCN)C1CCCCN. The van der Waals surface area contributed by atoms with Gasteiger partial charge in [-0.15, -0.1) is 0 Å². The maximum atomic E-state index is 5.73. The van der Waals surface area contributed by atoms with Gasteiger partial charge in [-0.3, -0.25) is 4.99 Å². The van der Waals surface area contributed by atoms with Crippen LogP contribution in [0.25, 0.3) is 0 Å². The van der Waals surface area contributed by atoms with E-state index in [2.05, 4.69) is 19.2 Å². The van der Waals surface area contributed by atoms with Crippen molar-refractivity contribution in [3.8, 4) is 0 Å². The van der Waals surface area contributed by atoms with E-state index in [0.717, 1.165) is 51.7 Å². The van der Waals surface area contributed by atoms with Gasteiger partial charge < -0.3 is 17.2 Å². The molecule has 2 unspecified atom stereocenters. The quantitative estimate of drug-likeness (QED) is 0.422. The number of aliphatic imine (C=N–C) groups is 1. The van der Waals surface area contributed by atoms with Gasteiger partial charge in [0, 0.05) is 17.8 Å². The van der Waals surface area contributed by atoms with Crippen LogP contribution in [0.4, 0.5) is 0 Å². The van der Waals surface area contributed by atoms with Crippen molar-refractivity contribution in [1.29, 1.82) is 0 Å². The normalized spacial score (nSPS) is 23.5. The molecule has 6 N–H and O–H groups in total. The summed E-state index contributed by atoms with van der Waals surface area (Å²) in [6, 6.07) is 0. The highest BCUT2D eigenvalue weighted by molar-refractivity contribution is 5.89. The Kier molecular flexibility index (Phi) is 11.2. The van der Waals surface area contributed by atoms with Crippen molar-refractivity contribution in [3.63, 3.8) is 0 Å². The molecule has 0 radical (unpaired) electrons. The molecule has 4 nitrogen and oxygen atoms in total. The summed E-state index contributed by atoms with van der Waals surface area (Å²) in [5, 5.41) is 0. The van der Waals surface area contributed by atoms with Crippen LogP contribution in [0, 0.1) is 11.3 Å². The Morgan fingerprint density at radius 1 is 0.917 bits per heavy atom. The van der Waals surface area contributed by atoms with E-state index in [1.165, 1.54) is 44.2 Å². The molecule has 0 aliphatic carbocycles. The third-order valence-electron chi connectivity index (χ3n) is 5.39. The van der Waals surface area contributed by atoms with E-state index in [4.69, 9.17) is 22.2 Å². The number of hydrogen-bond acceptors (Lipinski definition) is 4. The van der Waals surface area contributed by atoms with Crippen molar-refractivity contribution in [2.75, 3.05) is 19.6 Å². The Bertz CT molecular complexity index is 378. The molecule has 140 valence electrons. The molecule has 0 bridgehead atoms. The summed E-state index contributed by atoms with van der Waals surface area (Å²) in [6.45, 7) is 4.66. The first-order valence-electron chi connectivity index (χ1n) is 10.1. The number of hydrogen-bond donors (Lipinski definition) is 3. The fraction of sp³-hybridized carbons (Fsp3) is 0.850. The zero-order valence-corrected chi connectivity index (χ0v) is 15.8. The Morgan fingerprint density at radius 2 is 1.58 bits per heavy atom. The molecule has 0 saturated carbocycles. The average Bonchev–Trinajstić information content (AvgIpc) is 2.58. The summed E-state index contributed by atoms with van der Waals surface area (Å²) in [5.74, 6) is 0.574. The maximum absolute atomic E-state index is 5.73. The Labute approximate surface area is 149 Å². The van der Waals surface area contributed by atoms with Gasteiger partial charge in [-0.2, -0.15) is 0 Å². The predicted octanol–water partition coefficient (Wildman–Crippen LogP) is 3.74. The lowest BCUT2D eigenvalue weighted by Gasteiger charge is -2.42. The summed E-state index contributed by atoms with van der Waals surface area (Å²) in [4.78, 5) is 4.81. The highest BCUT2D eigenvalue weighted by atomic mass is 14.8. The van der Waals surface area contributed by atoms with Crippen LogP contribution in [0.1, 0.15) is 77.6 Å². The fourth-order valence-electron chi connectivity index (χ4n) is 4.16. The van der Waals surface area contributed by atoms with E-state index in [1.807, 2.05) is 0 Å². The molecule has 0 aromatic rings. The van der Waals surface area contributed by atoms with E-state index >= 15 is 0 Å². The Morgan fingerprint density at radius 3 is 2.25 bits per heavy atom. The first-order valence-corrected chi connectivity index (χ1v) is 10.1. The van der Waals surface area contributed by atoms with Crippen molar-refractivity contribution in [1.82, 2.24) is 0 Å². The lowest BCUT2D eigenvalue weighted by molar-refractivity contribution is 0.219. The van der Waals surface area contributed by atoms with Crippen molar-refractivity contribution < 1.29 is 0 Å². The van der Waals surface area contributed by atoms with Crippen LogP contribution in [0.3, 0.4) is 0 Å². The second kappa shape index (κ2) is 12.6. The number of unbranched alkanes of at least 4 members (excludes halogenated alkanes) is 3. The monoisotopic (exact) mass is 336 g/mol. The molecule has 1 rings (SSSR count). The molecule has 0 saturated heterocycles. The standard InChI is InChI=1S/C20H40N4/c1-2-11-20(12-5-8-16-23)13-17-24-19(10-4-7-15-22)18(20)9-3-6-14-21/h13,17-18H,2-12,14-16,21-23H2,1H3. The molecule has 1 heterocycles. The van der Waals surface area contributed by atoms with Crippen LogP contribution in [-0.4, -0.2) is 25.3 Å². The van der Waals surface area contributed by atoms with Crippen LogP contribution in [0.2, 0.25) is 0 Å². The first kappa shape index (κ1) is 21.3. The molecule has 0 fully saturated rings. The molecule has 0 aromatic carbocycles. The van der Waals surface area contributed by atoms with Gasteiger partial charge in [-0.25, -0.2) is 0 Å². The molecule has 4 heteroatoms. The van der Waals surface area contributed by atoms with Crippen LogP contribution in [-0.2, 0) is 0 Å². The molecule has 0 spiro atoms. The molecule has 24 heavy (non-hydrogen) atoms. The van der Waals surface area contributed by atoms with Crippen LogP contribution in [0.5, 0.6) is 0 Å². The van der Waals surface area contributed by atoms with Gasteiger partial charge in [-0.05, 0) is 76.4 Å². The van der Waals surface area contributed by atoms with E-state index < -0.39 is 0 Å². The van der Waals surface area contributed by atoms with Crippen molar-refractivity contribution in [2.45, 2.75) is 77.6 Å². The Hall–Kier alpha value is -0.710. The second-order valence-electron chi connectivity index (χ2n) is 7.25. The second-order valence-corrected chi connectivity index (χ2v) is 7.25. The number of allylic oxidation sites excluding steroid dienone is 1.